The fourth-order valence-electron chi connectivity index (χ4n) is 4.62. The lowest BCUT2D eigenvalue weighted by Crippen LogP contribution is -2.55. The number of benzene rings is 1. The largest absolute Gasteiger partial charge is 0.492 e. The molecule has 1 aromatic carbocycles. The van der Waals surface area contributed by atoms with Gasteiger partial charge >= 0.3 is 18.0 Å². The smallest absolute Gasteiger partial charge is 0.413 e. The number of carboxylic acids is 1. The van der Waals surface area contributed by atoms with E-state index in [4.69, 9.17) is 14.2 Å². The number of rotatable bonds is 6. The van der Waals surface area contributed by atoms with Crippen LogP contribution >= 0.6 is 0 Å². The minimum atomic E-state index is -1.38. The summed E-state index contributed by atoms with van der Waals surface area (Å²) >= 11 is 0. The highest BCUT2D eigenvalue weighted by molar-refractivity contribution is 5.97. The first-order valence-corrected chi connectivity index (χ1v) is 11.6. The number of halogens is 1. The number of esters is 1. The zero-order chi connectivity index (χ0) is 26.3. The molecular formula is C24H28FN3O8. The van der Waals surface area contributed by atoms with Gasteiger partial charge < -0.3 is 33.7 Å². The van der Waals surface area contributed by atoms with Crippen LogP contribution < -0.4 is 15.1 Å². The van der Waals surface area contributed by atoms with Crippen LogP contribution in [0, 0.1) is 5.82 Å². The Hall–Kier alpha value is -3.83. The van der Waals surface area contributed by atoms with E-state index >= 15 is 4.39 Å². The van der Waals surface area contributed by atoms with E-state index in [1.807, 2.05) is 0 Å². The second kappa shape index (κ2) is 9.67. The number of methoxy groups -OCH3 is 1. The van der Waals surface area contributed by atoms with Gasteiger partial charge in [0.05, 0.1) is 18.0 Å². The molecule has 0 bridgehead atoms. The molecule has 1 aliphatic heterocycles. The van der Waals surface area contributed by atoms with Gasteiger partial charge in [-0.2, -0.15) is 0 Å². The third kappa shape index (κ3) is 4.67. The molecule has 2 heterocycles. The molecule has 11 nitrogen and oxygen atoms in total. The molecule has 2 atom stereocenters. The van der Waals surface area contributed by atoms with Crippen molar-refractivity contribution >= 4 is 34.6 Å². The van der Waals surface area contributed by atoms with E-state index in [0.717, 1.165) is 18.9 Å². The van der Waals surface area contributed by atoms with Crippen molar-refractivity contribution in [3.8, 4) is 5.75 Å². The number of pyridine rings is 1. The Morgan fingerprint density at radius 2 is 1.89 bits per heavy atom. The highest BCUT2D eigenvalue weighted by Gasteiger charge is 2.35. The zero-order valence-corrected chi connectivity index (χ0v) is 20.4. The number of hydrogen-bond donors (Lipinski definition) is 1. The van der Waals surface area contributed by atoms with Crippen LogP contribution in [0.3, 0.4) is 0 Å². The molecule has 2 aromatic rings. The number of piperazine rings is 1. The highest BCUT2D eigenvalue weighted by Crippen LogP contribution is 2.44. The third-order valence-electron chi connectivity index (χ3n) is 6.35. The maximum Gasteiger partial charge on any atom is 0.413 e. The second-order valence-electron chi connectivity index (χ2n) is 9.00. The van der Waals surface area contributed by atoms with Gasteiger partial charge in [-0.05, 0) is 25.8 Å². The van der Waals surface area contributed by atoms with Gasteiger partial charge in [0, 0.05) is 51.8 Å². The number of nitrogens with zero attached hydrogens (tertiary/aromatic N) is 3. The van der Waals surface area contributed by atoms with Crippen LogP contribution in [0.2, 0.25) is 0 Å². The summed E-state index contributed by atoms with van der Waals surface area (Å²) in [6, 6.07) is 0.658. The van der Waals surface area contributed by atoms with Crippen LogP contribution in [0.25, 0.3) is 10.9 Å². The van der Waals surface area contributed by atoms with Gasteiger partial charge in [0.2, 0.25) is 11.7 Å². The fraction of sp³-hybridized carbons (Fsp3) is 0.500. The summed E-state index contributed by atoms with van der Waals surface area (Å²) in [4.78, 5) is 51.3. The molecule has 0 radical (unpaired) electrons. The van der Waals surface area contributed by atoms with Crippen molar-refractivity contribution in [2.45, 2.75) is 52.0 Å². The molecule has 1 saturated heterocycles. The lowest BCUT2D eigenvalue weighted by molar-refractivity contribution is -0.163. The summed E-state index contributed by atoms with van der Waals surface area (Å²) in [5, 5.41) is 9.43. The van der Waals surface area contributed by atoms with E-state index in [9.17, 15) is 24.3 Å². The minimum Gasteiger partial charge on any atom is -0.492 e. The Kier molecular flexibility index (Phi) is 6.79. The standard InChI is InChI=1S/C24H28FN3O8/c1-12-10-26(7-8-27(12)24(33)36-14(3)35-13(2)29)20-18(25)9-16-19(22(20)34-4)28(15-5-6-15)11-17(21(16)30)23(31)32/h9,11-12,14-15H,5-8,10H2,1-4H3,(H,31,32). The van der Waals surface area contributed by atoms with Gasteiger partial charge in [-0.15, -0.1) is 0 Å². The average Bonchev–Trinajstić information content (AvgIpc) is 3.63. The number of amides is 1. The molecule has 1 amide bonds. The summed E-state index contributed by atoms with van der Waals surface area (Å²) in [6.45, 7) is 5.08. The molecular weight excluding hydrogens is 477 g/mol. The number of carboxylic acid groups (broad SMARTS) is 1. The predicted molar refractivity (Wildman–Crippen MR) is 126 cm³/mol. The molecule has 1 aliphatic carbocycles. The van der Waals surface area contributed by atoms with Gasteiger partial charge in [-0.1, -0.05) is 0 Å². The van der Waals surface area contributed by atoms with E-state index in [-0.39, 0.29) is 42.5 Å². The molecule has 1 saturated carbocycles. The second-order valence-corrected chi connectivity index (χ2v) is 9.00. The molecule has 2 fully saturated rings. The summed E-state index contributed by atoms with van der Waals surface area (Å²) in [5.41, 5.74) is -0.723. The van der Waals surface area contributed by atoms with E-state index in [0.29, 0.717) is 5.52 Å². The third-order valence-corrected chi connectivity index (χ3v) is 6.35. The SMILES string of the molecule is COc1c(N2CCN(C(=O)OC(C)OC(C)=O)C(C)C2)c(F)cc2c(=O)c(C(=O)O)cn(C3CC3)c12. The van der Waals surface area contributed by atoms with Crippen LogP contribution in [-0.2, 0) is 14.3 Å². The topological polar surface area (TPSA) is 128 Å². The number of carbonyl (C=O) groups excluding carboxylic acids is 2. The molecule has 1 aromatic heterocycles. The van der Waals surface area contributed by atoms with Gasteiger partial charge in [0.15, 0.2) is 11.6 Å². The number of fused-ring (bicyclic) bond motifs is 1. The normalized spacial score (nSPS) is 18.6. The molecule has 0 spiro atoms. The quantitative estimate of drug-likeness (QED) is 0.466. The minimum absolute atomic E-state index is 0.0110. The van der Waals surface area contributed by atoms with Crippen LogP contribution in [-0.4, -0.2) is 71.7 Å². The van der Waals surface area contributed by atoms with Crippen molar-refractivity contribution in [3.63, 3.8) is 0 Å². The maximum absolute atomic E-state index is 15.5. The molecule has 194 valence electrons. The predicted octanol–water partition coefficient (Wildman–Crippen LogP) is 2.74. The van der Waals surface area contributed by atoms with E-state index in [1.165, 1.54) is 32.1 Å². The summed E-state index contributed by atoms with van der Waals surface area (Å²) in [5.74, 6) is -2.54. The first-order chi connectivity index (χ1) is 17.0. The number of aromatic nitrogens is 1. The molecule has 36 heavy (non-hydrogen) atoms. The molecule has 12 heteroatoms. The molecule has 2 aliphatic rings. The number of carbonyl (C=O) groups is 3. The van der Waals surface area contributed by atoms with E-state index in [2.05, 4.69) is 0 Å². The van der Waals surface area contributed by atoms with Crippen LogP contribution in [0.4, 0.5) is 14.9 Å². The van der Waals surface area contributed by atoms with Crippen LogP contribution in [0.15, 0.2) is 17.1 Å². The lowest BCUT2D eigenvalue weighted by atomic mass is 10.1. The van der Waals surface area contributed by atoms with E-state index in [1.54, 1.807) is 16.4 Å². The van der Waals surface area contributed by atoms with Gasteiger partial charge in [0.1, 0.15) is 11.3 Å². The van der Waals surface area contributed by atoms with Crippen molar-refractivity contribution in [1.29, 1.82) is 0 Å². The Labute approximate surface area is 205 Å². The van der Waals surface area contributed by atoms with Crippen molar-refractivity contribution in [3.05, 3.63) is 33.9 Å². The Morgan fingerprint density at radius 3 is 2.44 bits per heavy atom. The van der Waals surface area contributed by atoms with Crippen molar-refractivity contribution in [2.75, 3.05) is 31.6 Å². The number of ether oxygens (including phenoxy) is 3. The summed E-state index contributed by atoms with van der Waals surface area (Å²) < 4.78 is 32.8. The van der Waals surface area contributed by atoms with Crippen molar-refractivity contribution in [2.24, 2.45) is 0 Å². The van der Waals surface area contributed by atoms with Gasteiger partial charge in [-0.3, -0.25) is 9.59 Å². The van der Waals surface area contributed by atoms with Gasteiger partial charge in [-0.25, -0.2) is 14.0 Å². The summed E-state index contributed by atoms with van der Waals surface area (Å²) in [6.07, 6.45) is 1.20. The fourth-order valence-corrected chi connectivity index (χ4v) is 4.62. The molecule has 2 unspecified atom stereocenters. The Bertz CT molecular complexity index is 1290. The molecule has 1 N–H and O–H groups in total. The number of aromatic carboxylic acids is 1. The zero-order valence-electron chi connectivity index (χ0n) is 20.4. The van der Waals surface area contributed by atoms with Crippen LogP contribution in [0.5, 0.6) is 5.75 Å². The van der Waals surface area contributed by atoms with Crippen molar-refractivity contribution in [1.82, 2.24) is 9.47 Å². The average molecular weight is 505 g/mol. The first-order valence-electron chi connectivity index (χ1n) is 11.6. The van der Waals surface area contributed by atoms with Crippen molar-refractivity contribution < 1.29 is 38.1 Å². The van der Waals surface area contributed by atoms with Gasteiger partial charge in [0.25, 0.3) is 0 Å². The first kappa shape index (κ1) is 25.3. The van der Waals surface area contributed by atoms with Crippen LogP contribution in [0.1, 0.15) is 50.0 Å². The number of anilines is 1. The Balaban J connectivity index is 1.69. The maximum atomic E-state index is 15.5. The number of hydrogen-bond acceptors (Lipinski definition) is 8. The monoisotopic (exact) mass is 505 g/mol. The highest BCUT2D eigenvalue weighted by atomic mass is 19.1. The lowest BCUT2D eigenvalue weighted by Gasteiger charge is -2.41. The molecule has 4 rings (SSSR count). The Morgan fingerprint density at radius 1 is 1.19 bits per heavy atom. The van der Waals surface area contributed by atoms with E-state index < -0.39 is 47.2 Å². The summed E-state index contributed by atoms with van der Waals surface area (Å²) in [7, 11) is 1.37.